The van der Waals surface area contributed by atoms with Gasteiger partial charge < -0.3 is 10.0 Å². The first-order chi connectivity index (χ1) is 13.2. The molecule has 1 amide bonds. The van der Waals surface area contributed by atoms with Gasteiger partial charge in [-0.15, -0.1) is 0 Å². The molecule has 1 aliphatic rings. The van der Waals surface area contributed by atoms with Crippen LogP contribution in [0.3, 0.4) is 0 Å². The normalized spacial score (nSPS) is 17.0. The maximum Gasteiger partial charge on any atom is 0.423 e. The minimum Gasteiger partial charge on any atom is -0.478 e. The third-order valence-corrected chi connectivity index (χ3v) is 4.73. The lowest BCUT2D eigenvalue weighted by molar-refractivity contribution is -0.145. The number of amides is 1. The van der Waals surface area contributed by atoms with Gasteiger partial charge in [0, 0.05) is 10.7 Å². The number of carbonyl (C=O) groups is 2. The zero-order valence-corrected chi connectivity index (χ0v) is 15.2. The number of hydrogen-bond acceptors (Lipinski definition) is 2. The fraction of sp³-hybridized carbons (Fsp3) is 0.200. The standard InChI is InChI=1S/C20H15ClF3NO3/c21-13-6-7-14-15(8-9-16(19(27)28)20(22,23)24)18(26)25(17(14)10-13)11-12-4-2-1-3-5-12/h1-7,9-10,15H,8,11H2,(H,27,28)/b16-9-. The summed E-state index contributed by atoms with van der Waals surface area (Å²) in [5.74, 6) is -3.38. The molecule has 1 aliphatic heterocycles. The Kier molecular flexibility index (Phi) is 5.47. The molecule has 0 aromatic heterocycles. The van der Waals surface area contributed by atoms with Gasteiger partial charge in [-0.25, -0.2) is 4.79 Å². The van der Waals surface area contributed by atoms with Gasteiger partial charge in [-0.2, -0.15) is 13.2 Å². The summed E-state index contributed by atoms with van der Waals surface area (Å²) in [5, 5.41) is 9.22. The predicted octanol–water partition coefficient (Wildman–Crippen LogP) is 4.93. The third kappa shape index (κ3) is 4.04. The number of alkyl halides is 3. The number of carbonyl (C=O) groups excluding carboxylic acids is 1. The molecule has 1 atom stereocenters. The quantitative estimate of drug-likeness (QED) is 0.712. The molecule has 0 radical (unpaired) electrons. The third-order valence-electron chi connectivity index (χ3n) is 4.50. The van der Waals surface area contributed by atoms with Crippen LogP contribution >= 0.6 is 11.6 Å². The number of carboxylic acids is 1. The number of allylic oxidation sites excluding steroid dienone is 1. The molecular weight excluding hydrogens is 395 g/mol. The lowest BCUT2D eigenvalue weighted by atomic mass is 9.96. The van der Waals surface area contributed by atoms with Crippen LogP contribution in [0, 0.1) is 0 Å². The van der Waals surface area contributed by atoms with Gasteiger partial charge >= 0.3 is 12.1 Å². The van der Waals surface area contributed by atoms with Crippen molar-refractivity contribution in [2.45, 2.75) is 25.1 Å². The number of nitrogens with zero attached hydrogens (tertiary/aromatic N) is 1. The molecule has 0 spiro atoms. The molecule has 0 bridgehead atoms. The van der Waals surface area contributed by atoms with Gasteiger partial charge in [0.25, 0.3) is 0 Å². The number of anilines is 1. The molecule has 0 aliphatic carbocycles. The number of benzene rings is 2. The van der Waals surface area contributed by atoms with Crippen LogP contribution in [0.4, 0.5) is 18.9 Å². The van der Waals surface area contributed by atoms with Crippen molar-refractivity contribution in [3.8, 4) is 0 Å². The van der Waals surface area contributed by atoms with E-state index in [1.807, 2.05) is 30.3 Å². The number of halogens is 4. The minimum atomic E-state index is -5.00. The molecule has 3 rings (SSSR count). The van der Waals surface area contributed by atoms with Crippen LogP contribution in [0.2, 0.25) is 5.02 Å². The van der Waals surface area contributed by atoms with Gasteiger partial charge in [0.1, 0.15) is 5.57 Å². The summed E-state index contributed by atoms with van der Waals surface area (Å²) in [6.45, 7) is 0.234. The van der Waals surface area contributed by atoms with Crippen LogP contribution in [0.1, 0.15) is 23.5 Å². The predicted molar refractivity (Wildman–Crippen MR) is 98.2 cm³/mol. The fourth-order valence-corrected chi connectivity index (χ4v) is 3.37. The molecule has 1 heterocycles. The van der Waals surface area contributed by atoms with Crippen molar-refractivity contribution in [3.05, 3.63) is 76.3 Å². The van der Waals surface area contributed by atoms with Crippen molar-refractivity contribution in [2.24, 2.45) is 0 Å². The maximum atomic E-state index is 12.9. The second kappa shape index (κ2) is 7.67. The summed E-state index contributed by atoms with van der Waals surface area (Å²) in [5.41, 5.74) is 0.203. The first kappa shape index (κ1) is 19.9. The van der Waals surface area contributed by atoms with Crippen molar-refractivity contribution in [3.63, 3.8) is 0 Å². The first-order valence-electron chi connectivity index (χ1n) is 8.34. The second-order valence-corrected chi connectivity index (χ2v) is 6.76. The van der Waals surface area contributed by atoms with Gasteiger partial charge in [-0.05, 0) is 29.7 Å². The molecule has 1 N–H and O–H groups in total. The molecule has 0 saturated carbocycles. The number of fused-ring (bicyclic) bond motifs is 1. The van der Waals surface area contributed by atoms with Crippen molar-refractivity contribution in [2.75, 3.05) is 4.90 Å². The summed E-state index contributed by atoms with van der Waals surface area (Å²) < 4.78 is 38.7. The van der Waals surface area contributed by atoms with E-state index in [0.29, 0.717) is 22.3 Å². The smallest absolute Gasteiger partial charge is 0.423 e. The lowest BCUT2D eigenvalue weighted by Crippen LogP contribution is -2.28. The molecule has 4 nitrogen and oxygen atoms in total. The molecular formula is C20H15ClF3NO3. The summed E-state index contributed by atoms with van der Waals surface area (Å²) >= 11 is 6.04. The van der Waals surface area contributed by atoms with E-state index in [1.165, 1.54) is 4.90 Å². The average molecular weight is 410 g/mol. The van der Waals surface area contributed by atoms with Crippen LogP contribution in [-0.4, -0.2) is 23.2 Å². The Labute approximate surface area is 163 Å². The SMILES string of the molecule is O=C(O)/C(=C/CC1C(=O)N(Cc2ccccc2)c2cc(Cl)ccc21)C(F)(F)F. The van der Waals surface area contributed by atoms with Crippen molar-refractivity contribution in [1.29, 1.82) is 0 Å². The summed E-state index contributed by atoms with van der Waals surface area (Å²) in [7, 11) is 0. The monoisotopic (exact) mass is 409 g/mol. The van der Waals surface area contributed by atoms with Crippen molar-refractivity contribution in [1.82, 2.24) is 0 Å². The highest BCUT2D eigenvalue weighted by Gasteiger charge is 2.41. The van der Waals surface area contributed by atoms with Crippen LogP contribution in [-0.2, 0) is 16.1 Å². The maximum absolute atomic E-state index is 12.9. The van der Waals surface area contributed by atoms with Crippen molar-refractivity contribution < 1.29 is 27.9 Å². The molecule has 2 aromatic carbocycles. The van der Waals surface area contributed by atoms with Gasteiger partial charge in [-0.1, -0.05) is 54.1 Å². The van der Waals surface area contributed by atoms with E-state index in [-0.39, 0.29) is 13.0 Å². The first-order valence-corrected chi connectivity index (χ1v) is 8.71. The highest BCUT2D eigenvalue weighted by atomic mass is 35.5. The van der Waals surface area contributed by atoms with Crippen LogP contribution in [0.5, 0.6) is 0 Å². The summed E-state index contributed by atoms with van der Waals surface area (Å²) in [4.78, 5) is 25.3. The number of hydrogen-bond donors (Lipinski definition) is 1. The largest absolute Gasteiger partial charge is 0.478 e. The number of carboxylic acid groups (broad SMARTS) is 1. The Hall–Kier alpha value is -2.80. The van der Waals surface area contributed by atoms with Crippen LogP contribution < -0.4 is 4.90 Å². The molecule has 1 unspecified atom stereocenters. The van der Waals surface area contributed by atoms with Gasteiger partial charge in [0.2, 0.25) is 5.91 Å². The van der Waals surface area contributed by atoms with E-state index in [4.69, 9.17) is 16.7 Å². The molecule has 0 fully saturated rings. The highest BCUT2D eigenvalue weighted by molar-refractivity contribution is 6.31. The zero-order chi connectivity index (χ0) is 20.5. The Bertz CT molecular complexity index is 941. The van der Waals surface area contributed by atoms with E-state index in [9.17, 15) is 22.8 Å². The summed E-state index contributed by atoms with van der Waals surface area (Å²) in [6.07, 6.45) is -4.81. The Morgan fingerprint density at radius 3 is 2.46 bits per heavy atom. The topological polar surface area (TPSA) is 57.6 Å². The molecule has 146 valence electrons. The van der Waals surface area contributed by atoms with E-state index in [1.54, 1.807) is 18.2 Å². The lowest BCUT2D eigenvalue weighted by Gasteiger charge is -2.18. The average Bonchev–Trinajstić information content (AvgIpc) is 2.86. The van der Waals surface area contributed by atoms with Crippen molar-refractivity contribution >= 4 is 29.2 Å². The van der Waals surface area contributed by atoms with E-state index >= 15 is 0 Å². The number of aliphatic carboxylic acids is 1. The molecule has 8 heteroatoms. The summed E-state index contributed by atoms with van der Waals surface area (Å²) in [6, 6.07) is 13.9. The van der Waals surface area contributed by atoms with E-state index in [0.717, 1.165) is 5.56 Å². The minimum absolute atomic E-state index is 0.234. The van der Waals surface area contributed by atoms with Gasteiger partial charge in [0.05, 0.1) is 12.5 Å². The Morgan fingerprint density at radius 1 is 1.18 bits per heavy atom. The molecule has 2 aromatic rings. The highest BCUT2D eigenvalue weighted by Crippen LogP contribution is 2.42. The van der Waals surface area contributed by atoms with E-state index < -0.39 is 29.5 Å². The molecule has 28 heavy (non-hydrogen) atoms. The zero-order valence-electron chi connectivity index (χ0n) is 14.4. The Balaban J connectivity index is 1.95. The van der Waals surface area contributed by atoms with Gasteiger partial charge in [-0.3, -0.25) is 4.79 Å². The number of rotatable bonds is 5. The second-order valence-electron chi connectivity index (χ2n) is 6.32. The van der Waals surface area contributed by atoms with Crippen LogP contribution in [0.25, 0.3) is 0 Å². The Morgan fingerprint density at radius 2 is 1.86 bits per heavy atom. The van der Waals surface area contributed by atoms with Crippen LogP contribution in [0.15, 0.2) is 60.2 Å². The van der Waals surface area contributed by atoms with Gasteiger partial charge in [0.15, 0.2) is 0 Å². The fourth-order valence-electron chi connectivity index (χ4n) is 3.20. The van der Waals surface area contributed by atoms with E-state index in [2.05, 4.69) is 0 Å². The molecule has 0 saturated heterocycles.